The van der Waals surface area contributed by atoms with Crippen LogP contribution in [0.15, 0.2) is 11.8 Å². The number of hydrogen-bond acceptors (Lipinski definition) is 3. The molecule has 202 valence electrons. The van der Waals surface area contributed by atoms with Crippen LogP contribution >= 0.6 is 0 Å². The third-order valence-electron chi connectivity index (χ3n) is 13.1. The fourth-order valence-corrected chi connectivity index (χ4v) is 11.0. The molecule has 5 heteroatoms. The molecule has 0 aromatic heterocycles. The van der Waals surface area contributed by atoms with E-state index in [4.69, 9.17) is 6.57 Å². The number of carboxylic acid groups (broad SMARTS) is 1. The van der Waals surface area contributed by atoms with Gasteiger partial charge in [0.25, 0.3) is 0 Å². The zero-order chi connectivity index (χ0) is 27.4. The quantitative estimate of drug-likeness (QED) is 0.404. The van der Waals surface area contributed by atoms with Crippen molar-refractivity contribution in [1.82, 2.24) is 0 Å². The maximum Gasteiger partial charge on any atom is 0.303 e. The highest BCUT2D eigenvalue weighted by Gasteiger charge is 2.72. The monoisotopic (exact) mass is 507 g/mol. The van der Waals surface area contributed by atoms with Crippen LogP contribution < -0.4 is 0 Å². The molecule has 5 rings (SSSR count). The summed E-state index contributed by atoms with van der Waals surface area (Å²) in [4.78, 5) is 43.4. The lowest BCUT2D eigenvalue weighted by Gasteiger charge is -2.72. The summed E-state index contributed by atoms with van der Waals surface area (Å²) >= 11 is 0. The first-order valence-corrected chi connectivity index (χ1v) is 14.4. The van der Waals surface area contributed by atoms with Crippen molar-refractivity contribution in [1.29, 1.82) is 0 Å². The summed E-state index contributed by atoms with van der Waals surface area (Å²) in [5.74, 6) is -0.339. The van der Waals surface area contributed by atoms with Crippen LogP contribution in [0.1, 0.15) is 106 Å². The Kier molecular flexibility index (Phi) is 5.61. The Morgan fingerprint density at radius 1 is 0.973 bits per heavy atom. The number of aliphatic carboxylic acids is 1. The van der Waals surface area contributed by atoms with Crippen LogP contribution in [0.5, 0.6) is 0 Å². The average molecular weight is 508 g/mol. The van der Waals surface area contributed by atoms with Crippen molar-refractivity contribution in [2.75, 3.05) is 0 Å². The number of fused-ring (bicyclic) bond motifs is 7. The predicted octanol–water partition coefficient (Wildman–Crippen LogP) is 7.11. The van der Waals surface area contributed by atoms with Crippen LogP contribution in [0, 0.1) is 62.7 Å². The number of carboxylic acids is 1. The molecule has 4 fully saturated rings. The summed E-state index contributed by atoms with van der Waals surface area (Å²) in [6.07, 6.45) is 9.05. The molecule has 1 N–H and O–H groups in total. The van der Waals surface area contributed by atoms with E-state index in [1.165, 1.54) is 0 Å². The number of rotatable bonds is 2. The van der Waals surface area contributed by atoms with Crippen LogP contribution in [0.4, 0.5) is 0 Å². The van der Waals surface area contributed by atoms with Crippen LogP contribution in [0.3, 0.4) is 0 Å². The summed E-state index contributed by atoms with van der Waals surface area (Å²) in [5.41, 5.74) is -1.30. The lowest BCUT2D eigenvalue weighted by atomic mass is 9.31. The van der Waals surface area contributed by atoms with Gasteiger partial charge in [0.05, 0.1) is 13.0 Å². The van der Waals surface area contributed by atoms with E-state index in [2.05, 4.69) is 39.5 Å². The average Bonchev–Trinajstić information content (AvgIpc) is 2.78. The fourth-order valence-electron chi connectivity index (χ4n) is 11.0. The molecule has 0 bridgehead atoms. The Labute approximate surface area is 222 Å². The highest BCUT2D eigenvalue weighted by molar-refractivity contribution is 6.02. The molecular formula is C32H45NO4. The van der Waals surface area contributed by atoms with Gasteiger partial charge in [-0.05, 0) is 89.8 Å². The van der Waals surface area contributed by atoms with Gasteiger partial charge in [-0.3, -0.25) is 9.59 Å². The van der Waals surface area contributed by atoms with Gasteiger partial charge >= 0.3 is 5.97 Å². The zero-order valence-corrected chi connectivity index (χ0v) is 23.9. The molecule has 5 aliphatic carbocycles. The Morgan fingerprint density at radius 3 is 2.24 bits per heavy atom. The van der Waals surface area contributed by atoms with Gasteiger partial charge in [0.2, 0.25) is 5.70 Å². The number of nitrogens with zero attached hydrogens (tertiary/aromatic N) is 1. The summed E-state index contributed by atoms with van der Waals surface area (Å²) in [6, 6.07) is 0. The lowest BCUT2D eigenvalue weighted by molar-refractivity contribution is -0.224. The summed E-state index contributed by atoms with van der Waals surface area (Å²) in [5, 5.41) is 9.93. The van der Waals surface area contributed by atoms with E-state index in [1.807, 2.05) is 19.9 Å². The first-order chi connectivity index (χ1) is 17.0. The normalized spacial score (nSPS) is 47.9. The molecule has 0 aromatic rings. The molecule has 4 saturated carbocycles. The molecule has 0 aromatic carbocycles. The maximum atomic E-state index is 14.4. The highest BCUT2D eigenvalue weighted by atomic mass is 16.4. The van der Waals surface area contributed by atoms with E-state index in [9.17, 15) is 19.5 Å². The minimum Gasteiger partial charge on any atom is -0.481 e. The summed E-state index contributed by atoms with van der Waals surface area (Å²) in [7, 11) is 0. The molecule has 5 aliphatic rings. The van der Waals surface area contributed by atoms with Crippen LogP contribution in [0.25, 0.3) is 4.85 Å². The van der Waals surface area contributed by atoms with Crippen LogP contribution in [0.2, 0.25) is 0 Å². The second-order valence-corrected chi connectivity index (χ2v) is 15.6. The molecule has 0 unspecified atom stereocenters. The number of Topliss-reactive ketones (excluding diaryl/α,β-unsaturated/α-hetero) is 2. The Hall–Kier alpha value is -1.96. The van der Waals surface area contributed by atoms with Crippen molar-refractivity contribution in [3.63, 3.8) is 0 Å². The van der Waals surface area contributed by atoms with Crippen LogP contribution in [-0.4, -0.2) is 22.6 Å². The molecule has 5 nitrogen and oxygen atoms in total. The van der Waals surface area contributed by atoms with Gasteiger partial charge in [-0.15, -0.1) is 0 Å². The first-order valence-electron chi connectivity index (χ1n) is 14.4. The van der Waals surface area contributed by atoms with Gasteiger partial charge in [-0.2, -0.15) is 0 Å². The van der Waals surface area contributed by atoms with Crippen molar-refractivity contribution in [2.24, 2.45) is 56.2 Å². The van der Waals surface area contributed by atoms with Crippen molar-refractivity contribution in [3.05, 3.63) is 23.2 Å². The lowest BCUT2D eigenvalue weighted by Crippen LogP contribution is -2.68. The molecule has 0 aliphatic heterocycles. The molecule has 0 radical (unpaired) electrons. The van der Waals surface area contributed by atoms with Gasteiger partial charge in [0, 0.05) is 17.8 Å². The zero-order valence-electron chi connectivity index (χ0n) is 23.9. The number of carbonyl (C=O) groups excluding carboxylic acids is 2. The highest BCUT2D eigenvalue weighted by Crippen LogP contribution is 2.76. The number of allylic oxidation sites excluding steroid dienone is 2. The molecule has 0 spiro atoms. The van der Waals surface area contributed by atoms with Crippen molar-refractivity contribution < 1.29 is 19.5 Å². The van der Waals surface area contributed by atoms with Gasteiger partial charge in [0.15, 0.2) is 5.78 Å². The second kappa shape index (κ2) is 7.80. The second-order valence-electron chi connectivity index (χ2n) is 15.6. The largest absolute Gasteiger partial charge is 0.481 e. The Morgan fingerprint density at radius 2 is 1.62 bits per heavy atom. The Balaban J connectivity index is 1.63. The molecule has 0 saturated heterocycles. The Bertz CT molecular complexity index is 1140. The molecular weight excluding hydrogens is 462 g/mol. The van der Waals surface area contributed by atoms with E-state index in [-0.39, 0.29) is 63.2 Å². The molecule has 0 amide bonds. The van der Waals surface area contributed by atoms with E-state index in [0.29, 0.717) is 12.2 Å². The van der Waals surface area contributed by atoms with E-state index in [0.717, 1.165) is 44.9 Å². The van der Waals surface area contributed by atoms with Gasteiger partial charge < -0.3 is 9.90 Å². The van der Waals surface area contributed by atoms with Crippen molar-refractivity contribution >= 4 is 17.5 Å². The predicted molar refractivity (Wildman–Crippen MR) is 142 cm³/mol. The summed E-state index contributed by atoms with van der Waals surface area (Å²) < 4.78 is 0. The smallest absolute Gasteiger partial charge is 0.303 e. The van der Waals surface area contributed by atoms with Gasteiger partial charge in [-0.1, -0.05) is 54.5 Å². The third kappa shape index (κ3) is 3.36. The third-order valence-corrected chi connectivity index (χ3v) is 13.1. The standard InChI is InChI=1S/C32H45NO4/c1-27(2)11-13-32(18-24(35)36)14-12-31(7)25(19(32)16-27)21(34)15-23-29(5)17-20(33-8)26(37)28(3,4)22(29)9-10-30(23,31)6/h17,19,22-23,25H,9-16,18H2,1-7H3,(H,35,36)/t19-,22-,23+,25-,29-,30+,31+,32+/m0/s1. The van der Waals surface area contributed by atoms with E-state index in [1.54, 1.807) is 0 Å². The van der Waals surface area contributed by atoms with Crippen molar-refractivity contribution in [3.8, 4) is 0 Å². The topological polar surface area (TPSA) is 75.8 Å². The molecule has 37 heavy (non-hydrogen) atoms. The first kappa shape index (κ1) is 26.6. The number of ketones is 2. The van der Waals surface area contributed by atoms with E-state index >= 15 is 0 Å². The summed E-state index contributed by atoms with van der Waals surface area (Å²) in [6.45, 7) is 23.3. The SMILES string of the molecule is [C-]#[N+]C1=C[C@]2(C)[C@H]3CC(=O)[C@@H]4[C@@H]5CC(C)(C)CC[C@]5(CC(=O)O)CC[C@@]4(C)[C@]3(C)CC[C@H]2C(C)(C)C1=O. The van der Waals surface area contributed by atoms with E-state index < -0.39 is 16.8 Å². The van der Waals surface area contributed by atoms with Crippen LogP contribution in [-0.2, 0) is 14.4 Å². The molecule has 0 heterocycles. The minimum atomic E-state index is -0.736. The van der Waals surface area contributed by atoms with Crippen molar-refractivity contribution in [2.45, 2.75) is 106 Å². The number of hydrogen-bond donors (Lipinski definition) is 1. The maximum absolute atomic E-state index is 14.4. The van der Waals surface area contributed by atoms with Gasteiger partial charge in [0.1, 0.15) is 5.78 Å². The van der Waals surface area contributed by atoms with Gasteiger partial charge in [-0.25, -0.2) is 4.85 Å². The minimum absolute atomic E-state index is 0.0552. The molecule has 8 atom stereocenters. The number of carbonyl (C=O) groups is 3. The fraction of sp³-hybridized carbons (Fsp3) is 0.812.